The second kappa shape index (κ2) is 11.9. The molecule has 0 radical (unpaired) electrons. The van der Waals surface area contributed by atoms with Crippen LogP contribution in [0.3, 0.4) is 0 Å². The van der Waals surface area contributed by atoms with Crippen molar-refractivity contribution in [2.24, 2.45) is 0 Å². The quantitative estimate of drug-likeness (QED) is 0.240. The van der Waals surface area contributed by atoms with Crippen LogP contribution in [0.5, 0.6) is 0 Å². The molecular weight excluding hydrogens is 654 g/mol. The Hall–Kier alpha value is -4.89. The Bertz CT molecular complexity index is 2010. The van der Waals surface area contributed by atoms with Crippen LogP contribution in [0.4, 0.5) is 37.8 Å². The summed E-state index contributed by atoms with van der Waals surface area (Å²) in [5.41, 5.74) is -1.88. The van der Waals surface area contributed by atoms with Gasteiger partial charge in [-0.15, -0.1) is 0 Å². The number of carbonyl (C=O) groups is 1. The van der Waals surface area contributed by atoms with E-state index in [1.165, 1.54) is 18.2 Å². The standard InChI is InChI=1S/C27H18F6N4O6S2/c28-26(29,30)16-37(45(42,43)20-11-7-18(8-12-20)27(31,32)33)23-14-35-25(22-4-2-1-3-21(22)23)36(15-24(38)39)44(40,41)19-9-5-17(13-34)6-10-19/h1-12,14H,15-16H2,(H,38,39). The highest BCUT2D eigenvalue weighted by molar-refractivity contribution is 7.93. The normalized spacial score (nSPS) is 12.5. The summed E-state index contributed by atoms with van der Waals surface area (Å²) in [5.74, 6) is -2.23. The molecule has 1 heterocycles. The summed E-state index contributed by atoms with van der Waals surface area (Å²) in [7, 11) is -9.96. The second-order valence-electron chi connectivity index (χ2n) is 9.20. The zero-order valence-electron chi connectivity index (χ0n) is 22.3. The van der Waals surface area contributed by atoms with E-state index in [1.807, 2.05) is 0 Å². The number of carboxylic acids is 1. The van der Waals surface area contributed by atoms with Crippen LogP contribution in [0.15, 0.2) is 88.8 Å². The maximum Gasteiger partial charge on any atom is 0.416 e. The highest BCUT2D eigenvalue weighted by Gasteiger charge is 2.40. The number of anilines is 2. The third-order valence-electron chi connectivity index (χ3n) is 6.20. The monoisotopic (exact) mass is 672 g/mol. The van der Waals surface area contributed by atoms with Gasteiger partial charge in [0.2, 0.25) is 0 Å². The van der Waals surface area contributed by atoms with Crippen LogP contribution in [0.1, 0.15) is 11.1 Å². The van der Waals surface area contributed by atoms with Gasteiger partial charge >= 0.3 is 18.3 Å². The number of hydrogen-bond acceptors (Lipinski definition) is 7. The highest BCUT2D eigenvalue weighted by atomic mass is 32.2. The summed E-state index contributed by atoms with van der Waals surface area (Å²) in [6.45, 7) is -3.36. The van der Waals surface area contributed by atoms with E-state index in [-0.39, 0.29) is 20.6 Å². The number of aliphatic carboxylic acids is 1. The van der Waals surface area contributed by atoms with Crippen LogP contribution in [0, 0.1) is 11.3 Å². The van der Waals surface area contributed by atoms with Crippen molar-refractivity contribution in [3.8, 4) is 6.07 Å². The minimum absolute atomic E-state index is 0.0886. The fourth-order valence-electron chi connectivity index (χ4n) is 4.19. The van der Waals surface area contributed by atoms with Crippen molar-refractivity contribution in [1.29, 1.82) is 5.26 Å². The fourth-order valence-corrected chi connectivity index (χ4v) is 7.03. The topological polar surface area (TPSA) is 149 Å². The summed E-state index contributed by atoms with van der Waals surface area (Å²) in [4.78, 5) is 14.3. The number of rotatable bonds is 9. The maximum absolute atomic E-state index is 13.8. The summed E-state index contributed by atoms with van der Waals surface area (Å²) < 4.78 is 135. The molecule has 0 aliphatic rings. The number of hydrogen-bond donors (Lipinski definition) is 1. The minimum Gasteiger partial charge on any atom is -0.480 e. The first kappa shape index (κ1) is 33.0. The molecule has 10 nitrogen and oxygen atoms in total. The van der Waals surface area contributed by atoms with Crippen molar-refractivity contribution >= 4 is 48.3 Å². The summed E-state index contributed by atoms with van der Waals surface area (Å²) in [6.07, 6.45) is -9.44. The number of sulfonamides is 2. The Kier molecular flexibility index (Phi) is 8.72. The number of alkyl halides is 6. The molecular formula is C27H18F6N4O6S2. The third-order valence-corrected chi connectivity index (χ3v) is 9.72. The predicted octanol–water partition coefficient (Wildman–Crippen LogP) is 5.16. The summed E-state index contributed by atoms with van der Waals surface area (Å²) in [6, 6.07) is 12.8. The highest BCUT2D eigenvalue weighted by Crippen LogP contribution is 2.38. The molecule has 0 spiro atoms. The van der Waals surface area contributed by atoms with E-state index in [9.17, 15) is 53.1 Å². The first-order valence-corrected chi connectivity index (χ1v) is 15.1. The predicted molar refractivity (Wildman–Crippen MR) is 147 cm³/mol. The van der Waals surface area contributed by atoms with E-state index in [0.717, 1.165) is 30.3 Å². The van der Waals surface area contributed by atoms with Crippen LogP contribution in [0.2, 0.25) is 0 Å². The molecule has 18 heteroatoms. The van der Waals surface area contributed by atoms with Gasteiger partial charge in [-0.05, 0) is 48.5 Å². The van der Waals surface area contributed by atoms with Crippen LogP contribution in [0.25, 0.3) is 10.8 Å². The molecule has 236 valence electrons. The molecule has 0 bridgehead atoms. The molecule has 3 aromatic carbocycles. The Morgan fingerprint density at radius 1 is 0.800 bits per heavy atom. The zero-order chi connectivity index (χ0) is 33.4. The molecule has 0 fully saturated rings. The van der Waals surface area contributed by atoms with Gasteiger partial charge in [-0.2, -0.15) is 31.6 Å². The second-order valence-corrected chi connectivity index (χ2v) is 12.9. The lowest BCUT2D eigenvalue weighted by molar-refractivity contribution is -0.137. The third kappa shape index (κ3) is 6.94. The first-order chi connectivity index (χ1) is 20.9. The van der Waals surface area contributed by atoms with Gasteiger partial charge in [0, 0.05) is 10.8 Å². The van der Waals surface area contributed by atoms with Crippen LogP contribution >= 0.6 is 0 Å². The van der Waals surface area contributed by atoms with E-state index < -0.39 is 78.3 Å². The van der Waals surface area contributed by atoms with Gasteiger partial charge in [0.05, 0.1) is 38.9 Å². The number of nitrogens with zero attached hydrogens (tertiary/aromatic N) is 4. The van der Waals surface area contributed by atoms with Crippen molar-refractivity contribution in [1.82, 2.24) is 4.98 Å². The summed E-state index contributed by atoms with van der Waals surface area (Å²) in [5, 5.41) is 17.9. The number of carboxylic acid groups (broad SMARTS) is 1. The van der Waals surface area contributed by atoms with Crippen molar-refractivity contribution < 1.29 is 53.1 Å². The molecule has 1 aromatic heterocycles. The number of halogens is 6. The van der Waals surface area contributed by atoms with E-state index in [2.05, 4.69) is 4.98 Å². The summed E-state index contributed by atoms with van der Waals surface area (Å²) >= 11 is 0. The van der Waals surface area contributed by atoms with Gasteiger partial charge in [-0.3, -0.25) is 9.10 Å². The van der Waals surface area contributed by atoms with Crippen LogP contribution in [-0.4, -0.2) is 52.2 Å². The molecule has 45 heavy (non-hydrogen) atoms. The van der Waals surface area contributed by atoms with E-state index in [1.54, 1.807) is 6.07 Å². The van der Waals surface area contributed by atoms with Gasteiger partial charge in [0.25, 0.3) is 20.0 Å². The largest absolute Gasteiger partial charge is 0.480 e. The molecule has 4 aromatic rings. The molecule has 0 aliphatic carbocycles. The van der Waals surface area contributed by atoms with E-state index in [0.29, 0.717) is 34.8 Å². The lowest BCUT2D eigenvalue weighted by Gasteiger charge is -2.28. The molecule has 0 unspecified atom stereocenters. The Morgan fingerprint density at radius 2 is 1.31 bits per heavy atom. The lowest BCUT2D eigenvalue weighted by atomic mass is 10.1. The van der Waals surface area contributed by atoms with Gasteiger partial charge in [0.15, 0.2) is 5.82 Å². The Labute approximate surface area is 251 Å². The van der Waals surface area contributed by atoms with Crippen molar-refractivity contribution in [3.05, 3.63) is 90.1 Å². The van der Waals surface area contributed by atoms with Crippen LogP contribution in [-0.2, 0) is 31.0 Å². The number of fused-ring (bicyclic) bond motifs is 1. The van der Waals surface area contributed by atoms with Crippen molar-refractivity contribution in [2.75, 3.05) is 21.7 Å². The molecule has 0 saturated carbocycles. The molecule has 0 aliphatic heterocycles. The number of nitriles is 1. The smallest absolute Gasteiger partial charge is 0.416 e. The minimum atomic E-state index is -5.22. The van der Waals surface area contributed by atoms with E-state index in [4.69, 9.17) is 5.26 Å². The number of aromatic nitrogens is 1. The van der Waals surface area contributed by atoms with Gasteiger partial charge in [0.1, 0.15) is 13.1 Å². The maximum atomic E-state index is 13.8. The molecule has 0 saturated heterocycles. The zero-order valence-corrected chi connectivity index (χ0v) is 23.9. The molecule has 0 amide bonds. The molecule has 4 rings (SSSR count). The Morgan fingerprint density at radius 3 is 1.80 bits per heavy atom. The van der Waals surface area contributed by atoms with Crippen molar-refractivity contribution in [3.63, 3.8) is 0 Å². The van der Waals surface area contributed by atoms with Crippen LogP contribution < -0.4 is 8.61 Å². The lowest BCUT2D eigenvalue weighted by Crippen LogP contribution is -2.40. The van der Waals surface area contributed by atoms with Crippen molar-refractivity contribution in [2.45, 2.75) is 22.1 Å². The van der Waals surface area contributed by atoms with Gasteiger partial charge in [-0.25, -0.2) is 26.1 Å². The fraction of sp³-hybridized carbons (Fsp3) is 0.148. The SMILES string of the molecule is N#Cc1ccc(S(=O)(=O)N(CC(=O)O)c2ncc(N(CC(F)(F)F)S(=O)(=O)c3ccc(C(F)(F)F)cc3)c3ccccc23)cc1. The molecule has 1 N–H and O–H groups in total. The molecule has 0 atom stereocenters. The Balaban J connectivity index is 1.93. The number of benzene rings is 3. The average molecular weight is 673 g/mol. The van der Waals surface area contributed by atoms with Gasteiger partial charge < -0.3 is 5.11 Å². The first-order valence-electron chi connectivity index (χ1n) is 12.3. The van der Waals surface area contributed by atoms with E-state index >= 15 is 0 Å². The average Bonchev–Trinajstić information content (AvgIpc) is 2.97. The van der Waals surface area contributed by atoms with Gasteiger partial charge in [-0.1, -0.05) is 24.3 Å². The number of pyridine rings is 1.